The third-order valence-electron chi connectivity index (χ3n) is 4.51. The summed E-state index contributed by atoms with van der Waals surface area (Å²) in [5.41, 5.74) is 5.30. The van der Waals surface area contributed by atoms with Crippen LogP contribution in [0.25, 0.3) is 0 Å². The molecular weight excluding hydrogens is 370 g/mol. The van der Waals surface area contributed by atoms with Gasteiger partial charge in [0.2, 0.25) is 0 Å². The molecule has 3 rings (SSSR count). The summed E-state index contributed by atoms with van der Waals surface area (Å²) in [6.45, 7) is 3.57. The minimum absolute atomic E-state index is 0.0120. The van der Waals surface area contributed by atoms with Gasteiger partial charge in [0.05, 0.1) is 12.3 Å². The van der Waals surface area contributed by atoms with Gasteiger partial charge in [-0.1, -0.05) is 29.8 Å². The molecule has 1 heterocycles. The van der Waals surface area contributed by atoms with Crippen molar-refractivity contribution < 1.29 is 19.1 Å². The van der Waals surface area contributed by atoms with Crippen molar-refractivity contribution in [2.75, 3.05) is 13.2 Å². The highest BCUT2D eigenvalue weighted by atomic mass is 16.5. The first kappa shape index (κ1) is 20.5. The summed E-state index contributed by atoms with van der Waals surface area (Å²) < 4.78 is 11.1. The smallest absolute Gasteiger partial charge is 0.329 e. The Morgan fingerprint density at radius 3 is 2.59 bits per heavy atom. The Morgan fingerprint density at radius 2 is 1.90 bits per heavy atom. The Hall–Kier alpha value is -3.19. The van der Waals surface area contributed by atoms with Crippen molar-refractivity contribution in [3.05, 3.63) is 65.2 Å². The van der Waals surface area contributed by atoms with Crippen LogP contribution in [0.2, 0.25) is 0 Å². The summed E-state index contributed by atoms with van der Waals surface area (Å²) in [5, 5.41) is 6.36. The molecule has 1 aliphatic rings. The number of hydrogen-bond acceptors (Lipinski definition) is 5. The standard InChI is InChI=1S/C22H25N3O4/c1-16-4-6-18(7-5-16)15-29-19-10-8-17(9-11-19)13-24-25-22(27)21(26)23-14-20-3-2-12-28-20/h4-11,13,20H,2-3,12,14-15H2,1H3,(H,23,26)(H,25,27)/b24-13-/t20-/m1/s1. The third-order valence-corrected chi connectivity index (χ3v) is 4.51. The van der Waals surface area contributed by atoms with Crippen molar-refractivity contribution in [1.29, 1.82) is 0 Å². The quantitative estimate of drug-likeness (QED) is 0.428. The third kappa shape index (κ3) is 6.73. The molecule has 0 unspecified atom stereocenters. The predicted octanol–water partition coefficient (Wildman–Crippen LogP) is 2.32. The molecule has 7 nitrogen and oxygen atoms in total. The van der Waals surface area contributed by atoms with Crippen LogP contribution in [-0.2, 0) is 20.9 Å². The highest BCUT2D eigenvalue weighted by Gasteiger charge is 2.18. The van der Waals surface area contributed by atoms with Gasteiger partial charge in [-0.25, -0.2) is 5.43 Å². The Labute approximate surface area is 170 Å². The highest BCUT2D eigenvalue weighted by molar-refractivity contribution is 6.35. The van der Waals surface area contributed by atoms with Crippen LogP contribution in [0, 0.1) is 6.92 Å². The van der Waals surface area contributed by atoms with Crippen LogP contribution in [-0.4, -0.2) is 37.3 Å². The maximum atomic E-state index is 11.7. The molecule has 0 aliphatic carbocycles. The molecule has 0 bridgehead atoms. The molecule has 29 heavy (non-hydrogen) atoms. The van der Waals surface area contributed by atoms with E-state index in [1.807, 2.05) is 43.3 Å². The number of aryl methyl sites for hydroxylation is 1. The molecular formula is C22H25N3O4. The van der Waals surface area contributed by atoms with Crippen LogP contribution in [0.4, 0.5) is 0 Å². The lowest BCUT2D eigenvalue weighted by Crippen LogP contribution is -2.41. The van der Waals surface area contributed by atoms with Crippen LogP contribution in [0.15, 0.2) is 53.6 Å². The van der Waals surface area contributed by atoms with Crippen LogP contribution in [0.3, 0.4) is 0 Å². The highest BCUT2D eigenvalue weighted by Crippen LogP contribution is 2.14. The maximum absolute atomic E-state index is 11.7. The van der Waals surface area contributed by atoms with Crippen molar-refractivity contribution in [2.45, 2.75) is 32.5 Å². The molecule has 2 amide bonds. The van der Waals surface area contributed by atoms with E-state index in [0.29, 0.717) is 19.8 Å². The molecule has 1 saturated heterocycles. The Bertz CT molecular complexity index is 841. The molecule has 2 aromatic rings. The molecule has 0 aromatic heterocycles. The number of amides is 2. The van der Waals surface area contributed by atoms with E-state index in [1.165, 1.54) is 11.8 Å². The number of hydrogen-bond donors (Lipinski definition) is 2. The number of carbonyl (C=O) groups is 2. The van der Waals surface area contributed by atoms with Crippen LogP contribution in [0.1, 0.15) is 29.5 Å². The molecule has 1 fully saturated rings. The fourth-order valence-corrected chi connectivity index (χ4v) is 2.81. The number of rotatable bonds is 7. The van der Waals surface area contributed by atoms with Gasteiger partial charge < -0.3 is 14.8 Å². The largest absolute Gasteiger partial charge is 0.489 e. The number of carbonyl (C=O) groups excluding carboxylic acids is 2. The Balaban J connectivity index is 1.40. The van der Waals surface area contributed by atoms with Crippen molar-refractivity contribution in [3.63, 3.8) is 0 Å². The first-order valence-electron chi connectivity index (χ1n) is 9.61. The lowest BCUT2D eigenvalue weighted by Gasteiger charge is -2.09. The van der Waals surface area contributed by atoms with Crippen molar-refractivity contribution in [1.82, 2.24) is 10.7 Å². The van der Waals surface area contributed by atoms with Gasteiger partial charge in [0, 0.05) is 13.2 Å². The molecule has 152 valence electrons. The van der Waals surface area contributed by atoms with Crippen molar-refractivity contribution in [3.8, 4) is 5.75 Å². The molecule has 1 aliphatic heterocycles. The van der Waals surface area contributed by atoms with Crippen LogP contribution in [0.5, 0.6) is 5.75 Å². The van der Waals surface area contributed by atoms with Gasteiger partial charge in [0.15, 0.2) is 0 Å². The van der Waals surface area contributed by atoms with E-state index in [0.717, 1.165) is 29.7 Å². The first-order chi connectivity index (χ1) is 14.1. The number of nitrogens with zero attached hydrogens (tertiary/aromatic N) is 1. The van der Waals surface area contributed by atoms with Gasteiger partial charge in [-0.15, -0.1) is 0 Å². The van der Waals surface area contributed by atoms with Gasteiger partial charge in [0.1, 0.15) is 12.4 Å². The van der Waals surface area contributed by atoms with E-state index in [-0.39, 0.29) is 6.10 Å². The molecule has 0 spiro atoms. The van der Waals surface area contributed by atoms with Gasteiger partial charge >= 0.3 is 11.8 Å². The van der Waals surface area contributed by atoms with E-state index in [1.54, 1.807) is 0 Å². The van der Waals surface area contributed by atoms with Crippen molar-refractivity contribution in [2.24, 2.45) is 5.10 Å². The van der Waals surface area contributed by atoms with E-state index in [4.69, 9.17) is 9.47 Å². The molecule has 7 heteroatoms. The van der Waals surface area contributed by atoms with Gasteiger partial charge in [-0.05, 0) is 55.2 Å². The van der Waals surface area contributed by atoms with Crippen LogP contribution >= 0.6 is 0 Å². The summed E-state index contributed by atoms with van der Waals surface area (Å²) in [4.78, 5) is 23.5. The number of nitrogens with one attached hydrogen (secondary N) is 2. The fraction of sp³-hybridized carbons (Fsp3) is 0.318. The molecule has 0 radical (unpaired) electrons. The predicted molar refractivity (Wildman–Crippen MR) is 110 cm³/mol. The topological polar surface area (TPSA) is 89.0 Å². The molecule has 2 aromatic carbocycles. The minimum atomic E-state index is -0.808. The summed E-state index contributed by atoms with van der Waals surface area (Å²) in [5.74, 6) is -0.796. The summed E-state index contributed by atoms with van der Waals surface area (Å²) >= 11 is 0. The summed E-state index contributed by atoms with van der Waals surface area (Å²) in [6.07, 6.45) is 3.33. The number of benzene rings is 2. The van der Waals surface area contributed by atoms with E-state index >= 15 is 0 Å². The normalized spacial score (nSPS) is 16.0. The average molecular weight is 395 g/mol. The lowest BCUT2D eigenvalue weighted by atomic mass is 10.2. The first-order valence-corrected chi connectivity index (χ1v) is 9.61. The zero-order chi connectivity index (χ0) is 20.5. The van der Waals surface area contributed by atoms with Gasteiger partial charge in [-0.3, -0.25) is 9.59 Å². The Morgan fingerprint density at radius 1 is 1.14 bits per heavy atom. The van der Waals surface area contributed by atoms with Gasteiger partial charge in [-0.2, -0.15) is 5.10 Å². The molecule has 2 N–H and O–H groups in total. The SMILES string of the molecule is Cc1ccc(COc2ccc(/C=N\NC(=O)C(=O)NC[C@H]3CCCO3)cc2)cc1. The van der Waals surface area contributed by atoms with E-state index in [2.05, 4.69) is 28.0 Å². The number of hydrazone groups is 1. The second-order valence-electron chi connectivity index (χ2n) is 6.89. The second-order valence-corrected chi connectivity index (χ2v) is 6.89. The van der Waals surface area contributed by atoms with Gasteiger partial charge in [0.25, 0.3) is 0 Å². The zero-order valence-corrected chi connectivity index (χ0v) is 16.4. The Kier molecular flexibility index (Phi) is 7.35. The van der Waals surface area contributed by atoms with E-state index < -0.39 is 11.8 Å². The molecule has 0 saturated carbocycles. The summed E-state index contributed by atoms with van der Waals surface area (Å²) in [6, 6.07) is 15.5. The average Bonchev–Trinajstić information content (AvgIpc) is 3.26. The molecule has 1 atom stereocenters. The zero-order valence-electron chi connectivity index (χ0n) is 16.4. The summed E-state index contributed by atoms with van der Waals surface area (Å²) in [7, 11) is 0. The van der Waals surface area contributed by atoms with E-state index in [9.17, 15) is 9.59 Å². The second kappa shape index (κ2) is 10.4. The monoisotopic (exact) mass is 395 g/mol. The van der Waals surface area contributed by atoms with Crippen LogP contribution < -0.4 is 15.5 Å². The fourth-order valence-electron chi connectivity index (χ4n) is 2.81. The minimum Gasteiger partial charge on any atom is -0.489 e. The lowest BCUT2D eigenvalue weighted by molar-refractivity contribution is -0.139. The maximum Gasteiger partial charge on any atom is 0.329 e. The van der Waals surface area contributed by atoms with Crippen molar-refractivity contribution >= 4 is 18.0 Å². The number of ether oxygens (including phenoxy) is 2.